The average Bonchev–Trinajstić information content (AvgIpc) is 3.22. The summed E-state index contributed by atoms with van der Waals surface area (Å²) in [7, 11) is -3.66. The van der Waals surface area contributed by atoms with Crippen LogP contribution in [0, 0.1) is 0 Å². The molecule has 1 unspecified atom stereocenters. The lowest BCUT2D eigenvalue weighted by Gasteiger charge is -2.22. The molecule has 3 aromatic rings. The van der Waals surface area contributed by atoms with E-state index < -0.39 is 34.1 Å². The van der Waals surface area contributed by atoms with E-state index in [1.807, 2.05) is 0 Å². The van der Waals surface area contributed by atoms with E-state index in [2.05, 4.69) is 15.3 Å². The summed E-state index contributed by atoms with van der Waals surface area (Å²) >= 11 is 6.85. The number of carbonyl (C=O) groups is 1. The van der Waals surface area contributed by atoms with Gasteiger partial charge in [0.25, 0.3) is 4.21 Å². The van der Waals surface area contributed by atoms with Crippen molar-refractivity contribution >= 4 is 39.2 Å². The molecule has 13 heteroatoms. The third kappa shape index (κ3) is 6.39. The zero-order valence-corrected chi connectivity index (χ0v) is 20.4. The van der Waals surface area contributed by atoms with Gasteiger partial charge in [-0.1, -0.05) is 39.4 Å². The van der Waals surface area contributed by atoms with Gasteiger partial charge in [0.05, 0.1) is 33.9 Å². The van der Waals surface area contributed by atoms with Gasteiger partial charge in [-0.25, -0.2) is 9.97 Å². The molecule has 0 aliphatic carbocycles. The summed E-state index contributed by atoms with van der Waals surface area (Å²) in [5.41, 5.74) is 0.509. The smallest absolute Gasteiger partial charge is 0.349 e. The molecule has 1 atom stereocenters. The van der Waals surface area contributed by atoms with E-state index in [0.29, 0.717) is 21.3 Å². The van der Waals surface area contributed by atoms with Gasteiger partial charge >= 0.3 is 16.6 Å². The van der Waals surface area contributed by atoms with Crippen LogP contribution in [-0.4, -0.2) is 37.3 Å². The van der Waals surface area contributed by atoms with Gasteiger partial charge in [0.15, 0.2) is 0 Å². The molecule has 7 nitrogen and oxygen atoms in total. The third-order valence-electron chi connectivity index (χ3n) is 4.70. The first kappa shape index (κ1) is 26.2. The molecule has 1 aromatic carbocycles. The summed E-state index contributed by atoms with van der Waals surface area (Å²) in [4.78, 5) is 20.7. The Morgan fingerprint density at radius 3 is 2.44 bits per heavy atom. The lowest BCUT2D eigenvalue weighted by atomic mass is 10.1. The fraction of sp³-hybridized carbons (Fsp3) is 0.286. The van der Waals surface area contributed by atoms with Gasteiger partial charge in [-0.05, 0) is 42.3 Å². The van der Waals surface area contributed by atoms with Crippen LogP contribution in [0.1, 0.15) is 25.1 Å². The second-order valence-corrected chi connectivity index (χ2v) is 11.3. The van der Waals surface area contributed by atoms with E-state index in [-0.39, 0.29) is 17.3 Å². The van der Waals surface area contributed by atoms with E-state index in [1.165, 1.54) is 34.9 Å². The lowest BCUT2D eigenvalue weighted by molar-refractivity contribution is -0.137. The molecule has 0 bridgehead atoms. The maximum Gasteiger partial charge on any atom is 0.416 e. The number of benzene rings is 1. The van der Waals surface area contributed by atoms with Gasteiger partial charge in [-0.3, -0.25) is 4.79 Å². The van der Waals surface area contributed by atoms with Crippen molar-refractivity contribution in [2.24, 2.45) is 0 Å². The minimum absolute atomic E-state index is 0.00161. The van der Waals surface area contributed by atoms with E-state index in [9.17, 15) is 26.7 Å². The highest BCUT2D eigenvalue weighted by molar-refractivity contribution is 7.97. The van der Waals surface area contributed by atoms with E-state index >= 15 is 0 Å². The Morgan fingerprint density at radius 1 is 1.21 bits per heavy atom. The number of amides is 1. The number of carbonyl (C=O) groups excluding carboxylic acids is 1. The van der Waals surface area contributed by atoms with E-state index in [1.54, 1.807) is 19.9 Å². The summed E-state index contributed by atoms with van der Waals surface area (Å²) < 4.78 is 63.6. The van der Waals surface area contributed by atoms with Crippen LogP contribution in [0.15, 0.2) is 53.0 Å². The summed E-state index contributed by atoms with van der Waals surface area (Å²) in [6.07, 6.45) is -3.19. The molecule has 34 heavy (non-hydrogen) atoms. The Kier molecular flexibility index (Phi) is 8.09. The van der Waals surface area contributed by atoms with E-state index in [0.717, 1.165) is 23.5 Å². The number of rotatable bonds is 8. The number of alkyl halides is 3. The number of thiophene rings is 1. The summed E-state index contributed by atoms with van der Waals surface area (Å²) in [6.45, 7) is 3.04. The van der Waals surface area contributed by atoms with Crippen LogP contribution >= 0.6 is 22.9 Å². The van der Waals surface area contributed by atoms with Crippen molar-refractivity contribution in [1.29, 1.82) is 0 Å². The Morgan fingerprint density at radius 2 is 1.88 bits per heavy atom. The normalized spacial score (nSPS) is 13.8. The zero-order valence-electron chi connectivity index (χ0n) is 18.0. The largest absolute Gasteiger partial charge is 0.416 e. The van der Waals surface area contributed by atoms with Crippen LogP contribution in [0.5, 0.6) is 0 Å². The minimum atomic E-state index is -4.43. The maximum atomic E-state index is 13.0. The second kappa shape index (κ2) is 10.5. The van der Waals surface area contributed by atoms with Crippen molar-refractivity contribution < 1.29 is 26.7 Å². The molecule has 0 saturated heterocycles. The molecule has 2 N–H and O–H groups in total. The highest BCUT2D eigenvalue weighted by Gasteiger charge is 2.43. The van der Waals surface area contributed by atoms with Crippen LogP contribution in [0.2, 0.25) is 4.34 Å². The molecule has 0 spiro atoms. The van der Waals surface area contributed by atoms with Crippen LogP contribution in [0.25, 0.3) is 11.3 Å². The van der Waals surface area contributed by atoms with Gasteiger partial charge in [-0.2, -0.15) is 17.7 Å². The fourth-order valence-corrected chi connectivity index (χ4v) is 6.23. The van der Waals surface area contributed by atoms with Crippen LogP contribution in [0.4, 0.5) is 13.2 Å². The van der Waals surface area contributed by atoms with Crippen molar-refractivity contribution in [2.75, 3.05) is 6.54 Å². The first-order valence-electron chi connectivity index (χ1n) is 9.92. The van der Waals surface area contributed by atoms with Crippen LogP contribution in [0.3, 0.4) is 0 Å². The second-order valence-electron chi connectivity index (χ2n) is 7.47. The van der Waals surface area contributed by atoms with Crippen molar-refractivity contribution in [3.8, 4) is 11.3 Å². The molecule has 0 radical (unpaired) electrons. The topological polar surface area (TPSA) is 95.4 Å². The summed E-state index contributed by atoms with van der Waals surface area (Å²) in [5, 5.41) is 2.64. The van der Waals surface area contributed by atoms with Gasteiger partial charge in [0, 0.05) is 11.6 Å². The molecular weight excluding hydrogens is 513 g/mol. The zero-order chi connectivity index (χ0) is 25.1. The van der Waals surface area contributed by atoms with Crippen molar-refractivity contribution in [1.82, 2.24) is 19.6 Å². The number of hydrogen-bond donors (Lipinski definition) is 2. The standard InChI is InChI=1S/C21H20ClF3N4O3S2/c1-13(2)29(34(31,32)20-8-7-18(22)33-20)11-19(30)26-10-16-9-17(28-12-27-16)14-3-5-15(6-4-14)21(23,24)25/h3-9,12-13H,10-11H2,1-2H3,(H-,26,30,31,32)/p+1. The summed E-state index contributed by atoms with van der Waals surface area (Å²) in [6, 6.07) is 8.64. The molecule has 2 heterocycles. The highest BCUT2D eigenvalue weighted by atomic mass is 35.5. The Balaban J connectivity index is 1.67. The molecule has 182 valence electrons. The Labute approximate surface area is 204 Å². The lowest BCUT2D eigenvalue weighted by Crippen LogP contribution is -2.46. The molecule has 0 aliphatic heterocycles. The number of hydrogen-bond acceptors (Lipinski definition) is 5. The minimum Gasteiger partial charge on any atom is -0.349 e. The van der Waals surface area contributed by atoms with Gasteiger partial charge < -0.3 is 5.32 Å². The molecule has 0 fully saturated rings. The molecule has 2 aromatic heterocycles. The van der Waals surface area contributed by atoms with Crippen LogP contribution < -0.4 is 5.32 Å². The fourth-order valence-electron chi connectivity index (χ4n) is 2.98. The molecular formula is C21H21ClF3N4O3S2+. The molecule has 1 amide bonds. The monoisotopic (exact) mass is 533 g/mol. The number of halogens is 4. The average molecular weight is 534 g/mol. The predicted octanol–water partition coefficient (Wildman–Crippen LogP) is 5.15. The molecule has 0 aliphatic rings. The SMILES string of the molecule is CC(C)N(CC(=O)NCc1cc(-c2ccc(C(F)(F)F)cc2)ncn1)[S+](=O)(O)c1ccc(Cl)s1. The highest BCUT2D eigenvalue weighted by Crippen LogP contribution is 2.32. The number of nitrogens with zero attached hydrogens (tertiary/aromatic N) is 3. The summed E-state index contributed by atoms with van der Waals surface area (Å²) in [5.74, 6) is -0.507. The quantitative estimate of drug-likeness (QED) is 0.390. The maximum absolute atomic E-state index is 13.0. The number of aromatic nitrogens is 2. The predicted molar refractivity (Wildman–Crippen MR) is 124 cm³/mol. The van der Waals surface area contributed by atoms with Gasteiger partial charge in [0.2, 0.25) is 5.91 Å². The molecule has 3 rings (SSSR count). The van der Waals surface area contributed by atoms with Gasteiger partial charge in [-0.15, -0.1) is 0 Å². The van der Waals surface area contributed by atoms with Crippen molar-refractivity contribution in [2.45, 2.75) is 36.8 Å². The number of nitrogens with one attached hydrogen (secondary N) is 1. The third-order valence-corrected chi connectivity index (χ3v) is 8.48. The van der Waals surface area contributed by atoms with Crippen molar-refractivity contribution in [3.05, 3.63) is 64.4 Å². The van der Waals surface area contributed by atoms with Crippen LogP contribution in [-0.2, 0) is 32.1 Å². The van der Waals surface area contributed by atoms with Crippen molar-refractivity contribution in [3.63, 3.8) is 0 Å². The Hall–Kier alpha value is -2.38. The van der Waals surface area contributed by atoms with E-state index in [4.69, 9.17) is 11.6 Å². The Bertz CT molecular complexity index is 1200. The first-order chi connectivity index (χ1) is 15.9. The first-order valence-corrected chi connectivity index (χ1v) is 12.6. The van der Waals surface area contributed by atoms with Gasteiger partial charge in [0.1, 0.15) is 12.9 Å². The molecule has 0 saturated carbocycles.